The third kappa shape index (κ3) is 3.17. The van der Waals surface area contributed by atoms with Crippen LogP contribution in [0.15, 0.2) is 16.8 Å². The van der Waals surface area contributed by atoms with Gasteiger partial charge in [0.15, 0.2) is 0 Å². The van der Waals surface area contributed by atoms with Crippen LogP contribution in [0.5, 0.6) is 0 Å². The van der Waals surface area contributed by atoms with Gasteiger partial charge < -0.3 is 9.84 Å². The highest BCUT2D eigenvalue weighted by atomic mass is 32.1. The quantitative estimate of drug-likeness (QED) is 0.807. The molecule has 0 spiro atoms. The summed E-state index contributed by atoms with van der Waals surface area (Å²) in [4.78, 5) is 16.5. The molecule has 0 aliphatic rings. The molecule has 2 heterocycles. The molecule has 2 rings (SSSR count). The second kappa shape index (κ2) is 6.68. The number of nitrogens with zero attached hydrogens (tertiary/aromatic N) is 1. The minimum absolute atomic E-state index is 0.312. The van der Waals surface area contributed by atoms with E-state index in [2.05, 4.69) is 13.8 Å². The number of aromatic carboxylic acids is 1. The monoisotopic (exact) mass is 325 g/mol. The van der Waals surface area contributed by atoms with E-state index in [1.807, 2.05) is 12.3 Å². The van der Waals surface area contributed by atoms with Gasteiger partial charge >= 0.3 is 5.97 Å². The van der Waals surface area contributed by atoms with Gasteiger partial charge in [0.05, 0.1) is 16.1 Å². The molecular weight excluding hydrogens is 306 g/mol. The van der Waals surface area contributed by atoms with Gasteiger partial charge in [-0.3, -0.25) is 0 Å². The molecule has 0 saturated carbocycles. The molecule has 6 heteroatoms. The topological polar surface area (TPSA) is 59.4 Å². The number of hydrogen-bond donors (Lipinski definition) is 1. The maximum Gasteiger partial charge on any atom is 0.336 e. The van der Waals surface area contributed by atoms with Crippen LogP contribution in [0.4, 0.5) is 0 Å². The molecule has 0 aliphatic carbocycles. The third-order valence-corrected chi connectivity index (χ3v) is 5.54. The SMILES string of the molecule is CCOC(CC)(CC)c1nc(-c2cc(C(=O)O)cs2)cs1. The zero-order chi connectivity index (χ0) is 15.5. The summed E-state index contributed by atoms with van der Waals surface area (Å²) < 4.78 is 5.96. The van der Waals surface area contributed by atoms with Gasteiger partial charge in [-0.2, -0.15) is 0 Å². The molecule has 0 aliphatic heterocycles. The molecule has 21 heavy (non-hydrogen) atoms. The molecule has 1 N–H and O–H groups in total. The summed E-state index contributed by atoms with van der Waals surface area (Å²) in [5.41, 5.74) is 0.815. The standard InChI is InChI=1S/C15H19NO3S2/c1-4-15(5-2,19-6-3)14-16-11(9-21-14)12-7-10(8-20-12)13(17)18/h7-9H,4-6H2,1-3H3,(H,17,18). The molecule has 0 atom stereocenters. The van der Waals surface area contributed by atoms with Crippen LogP contribution in [-0.4, -0.2) is 22.7 Å². The lowest BCUT2D eigenvalue weighted by Gasteiger charge is -2.29. The Balaban J connectivity index is 2.33. The van der Waals surface area contributed by atoms with Crippen molar-refractivity contribution in [2.75, 3.05) is 6.61 Å². The molecule has 0 fully saturated rings. The van der Waals surface area contributed by atoms with Crippen LogP contribution in [0.1, 0.15) is 49.0 Å². The van der Waals surface area contributed by atoms with E-state index in [9.17, 15) is 4.79 Å². The van der Waals surface area contributed by atoms with Crippen LogP contribution in [0.3, 0.4) is 0 Å². The fourth-order valence-corrected chi connectivity index (χ4v) is 4.31. The van der Waals surface area contributed by atoms with Crippen molar-refractivity contribution in [3.8, 4) is 10.6 Å². The molecule has 0 amide bonds. The number of rotatable bonds is 7. The Kier molecular flexibility index (Phi) is 5.13. The van der Waals surface area contributed by atoms with Crippen LogP contribution >= 0.6 is 22.7 Å². The van der Waals surface area contributed by atoms with E-state index >= 15 is 0 Å². The van der Waals surface area contributed by atoms with Crippen molar-refractivity contribution in [3.63, 3.8) is 0 Å². The minimum atomic E-state index is -0.904. The van der Waals surface area contributed by atoms with Gasteiger partial charge in [0.25, 0.3) is 0 Å². The maximum atomic E-state index is 11.0. The number of ether oxygens (including phenoxy) is 1. The Hall–Kier alpha value is -1.24. The van der Waals surface area contributed by atoms with E-state index in [1.54, 1.807) is 22.8 Å². The van der Waals surface area contributed by atoms with Gasteiger partial charge in [-0.05, 0) is 25.8 Å². The predicted octanol–water partition coefficient (Wildman–Crippen LogP) is 4.62. The normalized spacial score (nSPS) is 11.8. The predicted molar refractivity (Wildman–Crippen MR) is 86.3 cm³/mol. The lowest BCUT2D eigenvalue weighted by molar-refractivity contribution is -0.0505. The average Bonchev–Trinajstić information content (AvgIpc) is 3.13. The highest BCUT2D eigenvalue weighted by molar-refractivity contribution is 7.14. The third-order valence-electron chi connectivity index (χ3n) is 3.56. The van der Waals surface area contributed by atoms with E-state index in [-0.39, 0.29) is 5.60 Å². The van der Waals surface area contributed by atoms with Gasteiger partial charge in [-0.25, -0.2) is 9.78 Å². The number of thiazole rings is 1. The Bertz CT molecular complexity index is 614. The Morgan fingerprint density at radius 3 is 2.52 bits per heavy atom. The van der Waals surface area contributed by atoms with E-state index in [4.69, 9.17) is 14.8 Å². The van der Waals surface area contributed by atoms with Crippen LogP contribution in [0, 0.1) is 0 Å². The molecule has 0 radical (unpaired) electrons. The lowest BCUT2D eigenvalue weighted by atomic mass is 9.98. The Morgan fingerprint density at radius 2 is 2.00 bits per heavy atom. The van der Waals surface area contributed by atoms with Gasteiger partial charge in [0.2, 0.25) is 0 Å². The summed E-state index contributed by atoms with van der Waals surface area (Å²) in [6.45, 7) is 6.85. The molecule has 114 valence electrons. The van der Waals surface area contributed by atoms with Crippen molar-refractivity contribution < 1.29 is 14.6 Å². The number of hydrogen-bond acceptors (Lipinski definition) is 5. The Labute approximate surface area is 132 Å². The molecule has 0 bridgehead atoms. The lowest BCUT2D eigenvalue weighted by Crippen LogP contribution is -2.28. The fourth-order valence-electron chi connectivity index (χ4n) is 2.27. The first-order valence-corrected chi connectivity index (χ1v) is 8.74. The fraction of sp³-hybridized carbons (Fsp3) is 0.467. The average molecular weight is 325 g/mol. The van der Waals surface area contributed by atoms with E-state index in [0.29, 0.717) is 12.2 Å². The number of thiophene rings is 1. The number of aromatic nitrogens is 1. The first-order valence-electron chi connectivity index (χ1n) is 6.98. The van der Waals surface area contributed by atoms with E-state index in [0.717, 1.165) is 28.4 Å². The largest absolute Gasteiger partial charge is 0.478 e. The molecule has 2 aromatic rings. The summed E-state index contributed by atoms with van der Waals surface area (Å²) >= 11 is 2.99. The molecule has 0 saturated heterocycles. The summed E-state index contributed by atoms with van der Waals surface area (Å²) in [5.74, 6) is -0.904. The Morgan fingerprint density at radius 1 is 1.29 bits per heavy atom. The van der Waals surface area contributed by atoms with Crippen LogP contribution in [-0.2, 0) is 10.3 Å². The van der Waals surface area contributed by atoms with E-state index < -0.39 is 5.97 Å². The summed E-state index contributed by atoms with van der Waals surface area (Å²) in [5, 5.41) is 13.6. The van der Waals surface area contributed by atoms with Crippen molar-refractivity contribution in [3.05, 3.63) is 27.4 Å². The smallest absolute Gasteiger partial charge is 0.336 e. The molecule has 2 aromatic heterocycles. The number of carboxylic acid groups (broad SMARTS) is 1. The minimum Gasteiger partial charge on any atom is -0.478 e. The second-order valence-electron chi connectivity index (χ2n) is 4.68. The number of carboxylic acids is 1. The molecule has 4 nitrogen and oxygen atoms in total. The van der Waals surface area contributed by atoms with Crippen molar-refractivity contribution in [1.82, 2.24) is 4.98 Å². The molecule has 0 aromatic carbocycles. The van der Waals surface area contributed by atoms with Gasteiger partial charge in [0, 0.05) is 17.4 Å². The maximum absolute atomic E-state index is 11.0. The molecule has 0 unspecified atom stereocenters. The first kappa shape index (κ1) is 16.1. The zero-order valence-electron chi connectivity index (χ0n) is 12.4. The number of carbonyl (C=O) groups is 1. The summed E-state index contributed by atoms with van der Waals surface area (Å²) in [6, 6.07) is 1.67. The summed E-state index contributed by atoms with van der Waals surface area (Å²) in [7, 11) is 0. The van der Waals surface area contributed by atoms with Gasteiger partial charge in [0.1, 0.15) is 10.6 Å². The van der Waals surface area contributed by atoms with Crippen LogP contribution in [0.2, 0.25) is 0 Å². The van der Waals surface area contributed by atoms with Crippen molar-refractivity contribution in [2.45, 2.75) is 39.2 Å². The van der Waals surface area contributed by atoms with Crippen LogP contribution in [0.25, 0.3) is 10.6 Å². The highest BCUT2D eigenvalue weighted by Crippen LogP contribution is 2.38. The first-order chi connectivity index (χ1) is 10.1. The highest BCUT2D eigenvalue weighted by Gasteiger charge is 2.32. The van der Waals surface area contributed by atoms with Crippen LogP contribution < -0.4 is 0 Å². The van der Waals surface area contributed by atoms with E-state index in [1.165, 1.54) is 11.3 Å². The second-order valence-corrected chi connectivity index (χ2v) is 6.45. The van der Waals surface area contributed by atoms with Crippen molar-refractivity contribution in [1.29, 1.82) is 0 Å². The van der Waals surface area contributed by atoms with Gasteiger partial charge in [-0.15, -0.1) is 22.7 Å². The molecular formula is C15H19NO3S2. The van der Waals surface area contributed by atoms with Crippen molar-refractivity contribution >= 4 is 28.6 Å². The van der Waals surface area contributed by atoms with Crippen molar-refractivity contribution in [2.24, 2.45) is 0 Å². The summed E-state index contributed by atoms with van der Waals surface area (Å²) in [6.07, 6.45) is 1.74. The van der Waals surface area contributed by atoms with Gasteiger partial charge in [-0.1, -0.05) is 13.8 Å². The zero-order valence-corrected chi connectivity index (χ0v) is 14.0.